The second-order valence-electron chi connectivity index (χ2n) is 7.06. The zero-order valence-electron chi connectivity index (χ0n) is 16.5. The van der Waals surface area contributed by atoms with Crippen LogP contribution >= 0.6 is 11.8 Å². The molecule has 31 heavy (non-hydrogen) atoms. The van der Waals surface area contributed by atoms with Crippen molar-refractivity contribution in [3.8, 4) is 11.7 Å². The van der Waals surface area contributed by atoms with Gasteiger partial charge in [-0.3, -0.25) is 15.0 Å². The molecular formula is C20H19N5O5S. The third kappa shape index (κ3) is 4.61. The van der Waals surface area contributed by atoms with Gasteiger partial charge in [0.1, 0.15) is 5.54 Å². The molecule has 1 unspecified atom stereocenters. The number of nitrogens with zero attached hydrogens (tertiary/aromatic N) is 3. The lowest BCUT2D eigenvalue weighted by Gasteiger charge is -2.21. The van der Waals surface area contributed by atoms with Gasteiger partial charge in [0.25, 0.3) is 17.0 Å². The van der Waals surface area contributed by atoms with Crippen molar-refractivity contribution < 1.29 is 23.2 Å². The van der Waals surface area contributed by atoms with Crippen molar-refractivity contribution in [3.05, 3.63) is 54.3 Å². The van der Waals surface area contributed by atoms with E-state index in [2.05, 4.69) is 20.9 Å². The summed E-state index contributed by atoms with van der Waals surface area (Å²) in [6.45, 7) is 1.64. The number of urea groups is 1. The third-order valence-electron chi connectivity index (χ3n) is 4.72. The number of carbonyl (C=O) groups excluding carboxylic acids is 3. The predicted octanol–water partition coefficient (Wildman–Crippen LogP) is 2.40. The van der Waals surface area contributed by atoms with E-state index in [1.165, 1.54) is 6.26 Å². The van der Waals surface area contributed by atoms with Crippen LogP contribution in [0.5, 0.6) is 0 Å². The molecule has 3 heterocycles. The Hall–Kier alpha value is -3.60. The number of aryl methyl sites for hydroxylation is 1. The van der Waals surface area contributed by atoms with Crippen LogP contribution in [0.3, 0.4) is 0 Å². The van der Waals surface area contributed by atoms with Gasteiger partial charge in [0, 0.05) is 0 Å². The van der Waals surface area contributed by atoms with Gasteiger partial charge in [-0.25, -0.2) is 4.79 Å². The average Bonchev–Trinajstić information content (AvgIpc) is 3.50. The van der Waals surface area contributed by atoms with Crippen molar-refractivity contribution in [2.45, 2.75) is 30.5 Å². The molecule has 1 atom stereocenters. The third-order valence-corrected chi connectivity index (χ3v) is 5.54. The largest absolute Gasteiger partial charge is 0.459 e. The van der Waals surface area contributed by atoms with Gasteiger partial charge < -0.3 is 14.2 Å². The number of furan rings is 1. The van der Waals surface area contributed by atoms with E-state index >= 15 is 0 Å². The number of carbonyl (C=O) groups is 3. The summed E-state index contributed by atoms with van der Waals surface area (Å²) in [5, 5.41) is 11.2. The van der Waals surface area contributed by atoms with E-state index in [1.54, 1.807) is 19.1 Å². The summed E-state index contributed by atoms with van der Waals surface area (Å²) in [6.07, 6.45) is 2.49. The standard InChI is InChI=1S/C20H19N5O5S/c1-20(10-9-13-6-3-2-4-7-13)17(27)25(18(28)21-20)24-15(26)12-31-19-23-22-16(30-19)14-8-5-11-29-14/h2-8,11H,9-10,12H2,1H3,(H,21,28)(H,24,26). The van der Waals surface area contributed by atoms with Crippen LogP contribution in [0.15, 0.2) is 62.8 Å². The molecule has 0 radical (unpaired) electrons. The summed E-state index contributed by atoms with van der Waals surface area (Å²) in [4.78, 5) is 37.3. The topological polar surface area (TPSA) is 131 Å². The molecule has 1 fully saturated rings. The smallest absolute Gasteiger partial charge is 0.344 e. The Balaban J connectivity index is 1.30. The number of aromatic nitrogens is 2. The van der Waals surface area contributed by atoms with Crippen LogP contribution in [-0.2, 0) is 16.0 Å². The molecular weight excluding hydrogens is 422 g/mol. The molecule has 1 aliphatic heterocycles. The van der Waals surface area contributed by atoms with E-state index in [0.29, 0.717) is 18.6 Å². The minimum atomic E-state index is -1.10. The number of hydrazine groups is 1. The molecule has 3 aromatic rings. The molecule has 2 aromatic heterocycles. The Morgan fingerprint density at radius 2 is 2.00 bits per heavy atom. The second-order valence-corrected chi connectivity index (χ2v) is 7.99. The van der Waals surface area contributed by atoms with Crippen molar-refractivity contribution >= 4 is 29.6 Å². The van der Waals surface area contributed by atoms with E-state index in [4.69, 9.17) is 8.83 Å². The maximum atomic E-state index is 12.8. The van der Waals surface area contributed by atoms with Crippen LogP contribution in [0.25, 0.3) is 11.7 Å². The van der Waals surface area contributed by atoms with Gasteiger partial charge in [0.2, 0.25) is 5.91 Å². The number of rotatable bonds is 8. The molecule has 0 spiro atoms. The van der Waals surface area contributed by atoms with Gasteiger partial charge in [-0.05, 0) is 37.5 Å². The molecule has 1 saturated heterocycles. The molecule has 10 nitrogen and oxygen atoms in total. The van der Waals surface area contributed by atoms with E-state index in [-0.39, 0.29) is 16.9 Å². The van der Waals surface area contributed by atoms with Gasteiger partial charge in [-0.15, -0.1) is 10.2 Å². The van der Waals surface area contributed by atoms with Crippen molar-refractivity contribution in [2.75, 3.05) is 5.75 Å². The molecule has 4 rings (SSSR count). The SMILES string of the molecule is CC1(CCc2ccccc2)NC(=O)N(NC(=O)CSc2nnc(-c3ccco3)o2)C1=O. The number of thioether (sulfide) groups is 1. The fraction of sp³-hybridized carbons (Fsp3) is 0.250. The normalized spacial score (nSPS) is 18.3. The lowest BCUT2D eigenvalue weighted by molar-refractivity contribution is -0.138. The molecule has 4 amide bonds. The molecule has 0 bridgehead atoms. The van der Waals surface area contributed by atoms with Crippen molar-refractivity contribution in [1.29, 1.82) is 0 Å². The minimum absolute atomic E-state index is 0.127. The van der Waals surface area contributed by atoms with Crippen LogP contribution in [-0.4, -0.2) is 44.3 Å². The molecule has 0 aliphatic carbocycles. The quantitative estimate of drug-likeness (QED) is 0.402. The first-order valence-electron chi connectivity index (χ1n) is 9.45. The lowest BCUT2D eigenvalue weighted by atomic mass is 9.93. The first-order valence-corrected chi connectivity index (χ1v) is 10.4. The Morgan fingerprint density at radius 3 is 2.74 bits per heavy atom. The van der Waals surface area contributed by atoms with Crippen molar-refractivity contribution in [1.82, 2.24) is 25.9 Å². The van der Waals surface area contributed by atoms with Gasteiger partial charge in [0.15, 0.2) is 5.76 Å². The fourth-order valence-corrected chi connectivity index (χ4v) is 3.60. The van der Waals surface area contributed by atoms with Crippen LogP contribution in [0.2, 0.25) is 0 Å². The molecule has 160 valence electrons. The first kappa shape index (κ1) is 20.7. The maximum Gasteiger partial charge on any atom is 0.344 e. The van der Waals surface area contributed by atoms with E-state index < -0.39 is 23.4 Å². The fourth-order valence-electron chi connectivity index (χ4n) is 3.05. The van der Waals surface area contributed by atoms with E-state index in [1.807, 2.05) is 30.3 Å². The summed E-state index contributed by atoms with van der Waals surface area (Å²) in [5.74, 6) is -0.588. The maximum absolute atomic E-state index is 12.8. The van der Waals surface area contributed by atoms with Gasteiger partial charge in [-0.2, -0.15) is 5.01 Å². The van der Waals surface area contributed by atoms with E-state index in [9.17, 15) is 14.4 Å². The average molecular weight is 441 g/mol. The van der Waals surface area contributed by atoms with Crippen LogP contribution < -0.4 is 10.7 Å². The molecule has 1 aromatic carbocycles. The summed E-state index contributed by atoms with van der Waals surface area (Å²) >= 11 is 0.976. The Morgan fingerprint density at radius 1 is 1.19 bits per heavy atom. The van der Waals surface area contributed by atoms with Gasteiger partial charge >= 0.3 is 6.03 Å². The zero-order valence-corrected chi connectivity index (χ0v) is 17.3. The Kier molecular flexibility index (Phi) is 5.76. The highest BCUT2D eigenvalue weighted by Crippen LogP contribution is 2.24. The Bertz CT molecular complexity index is 1080. The number of benzene rings is 1. The summed E-state index contributed by atoms with van der Waals surface area (Å²) in [6, 6.07) is 12.3. The number of hydrogen-bond acceptors (Lipinski definition) is 8. The number of hydrogen-bond donors (Lipinski definition) is 2. The highest BCUT2D eigenvalue weighted by Gasteiger charge is 2.48. The number of amides is 4. The van der Waals surface area contributed by atoms with Crippen LogP contribution in [0.4, 0.5) is 4.79 Å². The monoisotopic (exact) mass is 441 g/mol. The lowest BCUT2D eigenvalue weighted by Crippen LogP contribution is -2.49. The van der Waals surface area contributed by atoms with Gasteiger partial charge in [-0.1, -0.05) is 42.1 Å². The van der Waals surface area contributed by atoms with E-state index in [0.717, 1.165) is 22.3 Å². The molecule has 1 aliphatic rings. The van der Waals surface area contributed by atoms with Crippen molar-refractivity contribution in [3.63, 3.8) is 0 Å². The van der Waals surface area contributed by atoms with Crippen molar-refractivity contribution in [2.24, 2.45) is 0 Å². The van der Waals surface area contributed by atoms with Crippen LogP contribution in [0, 0.1) is 0 Å². The number of nitrogens with one attached hydrogen (secondary N) is 2. The summed E-state index contributed by atoms with van der Waals surface area (Å²) in [5.41, 5.74) is 2.29. The number of imide groups is 1. The molecule has 0 saturated carbocycles. The molecule has 11 heteroatoms. The molecule has 2 N–H and O–H groups in total. The summed E-state index contributed by atoms with van der Waals surface area (Å²) < 4.78 is 10.6. The Labute approximate surface area is 181 Å². The summed E-state index contributed by atoms with van der Waals surface area (Å²) in [7, 11) is 0. The predicted molar refractivity (Wildman–Crippen MR) is 109 cm³/mol. The first-order chi connectivity index (χ1) is 14.9. The second kappa shape index (κ2) is 8.64. The highest BCUT2D eigenvalue weighted by molar-refractivity contribution is 7.99. The van der Waals surface area contributed by atoms with Crippen LogP contribution in [0.1, 0.15) is 18.9 Å². The minimum Gasteiger partial charge on any atom is -0.459 e. The zero-order chi connectivity index (χ0) is 21.8. The van der Waals surface area contributed by atoms with Gasteiger partial charge in [0.05, 0.1) is 12.0 Å². The highest BCUT2D eigenvalue weighted by atomic mass is 32.2.